The molecule has 1 amide bonds. The van der Waals surface area contributed by atoms with Crippen molar-refractivity contribution >= 4 is 23.8 Å². The third-order valence-electron chi connectivity index (χ3n) is 5.97. The molecule has 4 aliphatic heterocycles. The Balaban J connectivity index is 0.000000383. The van der Waals surface area contributed by atoms with E-state index in [0.29, 0.717) is 11.8 Å². The van der Waals surface area contributed by atoms with E-state index in [0.717, 1.165) is 25.7 Å². The molecule has 1 aliphatic carbocycles. The maximum Gasteiger partial charge on any atom is 0.311 e. The average molecular weight is 359 g/mol. The topological polar surface area (TPSA) is 97.1 Å². The predicted octanol–water partition coefficient (Wildman–Crippen LogP) is 2.39. The van der Waals surface area contributed by atoms with Crippen molar-refractivity contribution in [3.63, 3.8) is 0 Å². The molecule has 5 aliphatic rings. The van der Waals surface area contributed by atoms with Gasteiger partial charge < -0.3 is 15.2 Å². The van der Waals surface area contributed by atoms with Crippen LogP contribution in [0.1, 0.15) is 46.5 Å². The standard InChI is InChI=1S/C15H22O5.CH3NOS/c1-8-4-5-11-9(2)12(16)17-13-15(11)10(8)6-7-14(3,18-13)19-20-15;2-1(3)4/h8-11,13H,4-7H2,1-3H3;(H3,2,3,4)/t8-,9-,10+,11+,13-,14+,15-;/m1./s1. The molecule has 1 spiro atoms. The second kappa shape index (κ2) is 6.16. The van der Waals surface area contributed by atoms with Crippen LogP contribution in [0.25, 0.3) is 0 Å². The number of carbonyl (C=O) groups is 2. The van der Waals surface area contributed by atoms with E-state index < -0.39 is 22.9 Å². The van der Waals surface area contributed by atoms with Gasteiger partial charge in [-0.3, -0.25) is 9.59 Å². The molecule has 0 aromatic carbocycles. The van der Waals surface area contributed by atoms with Crippen LogP contribution in [0.5, 0.6) is 0 Å². The Kier molecular flexibility index (Phi) is 4.61. The summed E-state index contributed by atoms with van der Waals surface area (Å²) in [6.45, 7) is 6.06. The van der Waals surface area contributed by atoms with Gasteiger partial charge in [-0.25, -0.2) is 9.78 Å². The van der Waals surface area contributed by atoms with E-state index in [4.69, 9.17) is 24.0 Å². The Morgan fingerprint density at radius 1 is 1.21 bits per heavy atom. The number of rotatable bonds is 0. The third-order valence-corrected chi connectivity index (χ3v) is 5.97. The SMILES string of the molecule is C[C@@H]1CC[C@H]2[C@@H](C)C(=O)O[C@@H]3O[C@]4(C)CC[C@@H]1[C@]32OO4.NC(=O)S. The first-order chi connectivity index (χ1) is 11.2. The zero-order valence-corrected chi connectivity index (χ0v) is 15.1. The smallest absolute Gasteiger partial charge is 0.311 e. The summed E-state index contributed by atoms with van der Waals surface area (Å²) in [7, 11) is 0. The van der Waals surface area contributed by atoms with Gasteiger partial charge in [0, 0.05) is 18.3 Å². The van der Waals surface area contributed by atoms with E-state index in [1.807, 2.05) is 13.8 Å². The number of hydrogen-bond acceptors (Lipinski definition) is 6. The highest BCUT2D eigenvalue weighted by atomic mass is 32.1. The monoisotopic (exact) mass is 359 g/mol. The lowest BCUT2D eigenvalue weighted by molar-refractivity contribution is -0.559. The van der Waals surface area contributed by atoms with Crippen LogP contribution in [-0.4, -0.2) is 28.9 Å². The molecule has 4 saturated heterocycles. The van der Waals surface area contributed by atoms with Crippen LogP contribution < -0.4 is 5.73 Å². The molecule has 2 N–H and O–H groups in total. The first kappa shape index (κ1) is 18.0. The summed E-state index contributed by atoms with van der Waals surface area (Å²) < 4.78 is 11.6. The van der Waals surface area contributed by atoms with E-state index in [1.165, 1.54) is 0 Å². The molecule has 7 nitrogen and oxygen atoms in total. The summed E-state index contributed by atoms with van der Waals surface area (Å²) in [5.41, 5.74) is 3.73. The van der Waals surface area contributed by atoms with Crippen LogP contribution in [0.3, 0.4) is 0 Å². The molecule has 8 heteroatoms. The largest absolute Gasteiger partial charge is 0.432 e. The number of amides is 1. The van der Waals surface area contributed by atoms with Crippen LogP contribution in [0.4, 0.5) is 4.79 Å². The van der Waals surface area contributed by atoms with Gasteiger partial charge in [0.2, 0.25) is 12.1 Å². The van der Waals surface area contributed by atoms with Crippen LogP contribution in [-0.2, 0) is 24.0 Å². The van der Waals surface area contributed by atoms with Crippen molar-refractivity contribution < 1.29 is 28.8 Å². The minimum atomic E-state index is -0.793. The minimum Gasteiger partial charge on any atom is -0.432 e. The maximum atomic E-state index is 12.1. The number of ether oxygens (including phenoxy) is 2. The van der Waals surface area contributed by atoms with E-state index in [2.05, 4.69) is 25.3 Å². The van der Waals surface area contributed by atoms with Gasteiger partial charge in [-0.1, -0.05) is 26.5 Å². The molecule has 7 atom stereocenters. The fraction of sp³-hybridized carbons (Fsp3) is 0.875. The number of thiol groups is 1. The zero-order valence-electron chi connectivity index (χ0n) is 14.2. The highest BCUT2D eigenvalue weighted by Gasteiger charge is 2.70. The summed E-state index contributed by atoms with van der Waals surface area (Å²) in [5, 5.41) is -0.639. The molecule has 1 saturated carbocycles. The van der Waals surface area contributed by atoms with Crippen molar-refractivity contribution in [3.05, 3.63) is 0 Å². The number of fused-ring (bicyclic) bond motifs is 2. The Labute approximate surface area is 146 Å². The summed E-state index contributed by atoms with van der Waals surface area (Å²) in [5.74, 6) is -0.137. The molecule has 5 rings (SSSR count). The molecule has 0 radical (unpaired) electrons. The lowest BCUT2D eigenvalue weighted by Crippen LogP contribution is -2.69. The quantitative estimate of drug-likeness (QED) is 0.392. The second-order valence-corrected chi connectivity index (χ2v) is 7.91. The highest BCUT2D eigenvalue weighted by molar-refractivity contribution is 7.96. The van der Waals surface area contributed by atoms with E-state index in [-0.39, 0.29) is 17.8 Å². The molecule has 0 aromatic heterocycles. The predicted molar refractivity (Wildman–Crippen MR) is 86.6 cm³/mol. The maximum absolute atomic E-state index is 12.1. The average Bonchev–Trinajstić information content (AvgIpc) is 2.71. The summed E-state index contributed by atoms with van der Waals surface area (Å²) >= 11 is 3.10. The molecule has 2 bridgehead atoms. The second-order valence-electron chi connectivity index (χ2n) is 7.47. The molecular formula is C16H25NO6S. The number of hydrogen-bond donors (Lipinski definition) is 2. The molecule has 5 fully saturated rings. The number of nitrogens with two attached hydrogens (primary N) is 1. The number of esters is 1. The van der Waals surface area contributed by atoms with Crippen molar-refractivity contribution in [1.82, 2.24) is 0 Å². The minimum absolute atomic E-state index is 0.123. The molecular weight excluding hydrogens is 334 g/mol. The highest BCUT2D eigenvalue weighted by Crippen LogP contribution is 2.59. The molecule has 4 heterocycles. The van der Waals surface area contributed by atoms with E-state index in [1.54, 1.807) is 0 Å². The van der Waals surface area contributed by atoms with Crippen LogP contribution >= 0.6 is 12.6 Å². The Bertz CT molecular complexity index is 541. The summed E-state index contributed by atoms with van der Waals surface area (Å²) in [6.07, 6.45) is 3.24. The van der Waals surface area contributed by atoms with Gasteiger partial charge in [-0.05, 0) is 32.1 Å². The van der Waals surface area contributed by atoms with E-state index >= 15 is 0 Å². The Morgan fingerprint density at radius 3 is 2.54 bits per heavy atom. The van der Waals surface area contributed by atoms with Crippen molar-refractivity contribution in [1.29, 1.82) is 0 Å². The van der Waals surface area contributed by atoms with Crippen molar-refractivity contribution in [2.24, 2.45) is 29.4 Å². The lowest BCUT2D eigenvalue weighted by atomic mass is 9.58. The number of carbonyl (C=O) groups excluding carboxylic acids is 2. The van der Waals surface area contributed by atoms with Crippen molar-refractivity contribution in [3.8, 4) is 0 Å². The van der Waals surface area contributed by atoms with Crippen molar-refractivity contribution in [2.45, 2.75) is 64.1 Å². The van der Waals surface area contributed by atoms with Gasteiger partial charge in [-0.15, -0.1) is 0 Å². The number of primary amides is 1. The summed E-state index contributed by atoms with van der Waals surface area (Å²) in [6, 6.07) is 0. The van der Waals surface area contributed by atoms with Crippen molar-refractivity contribution in [2.75, 3.05) is 0 Å². The van der Waals surface area contributed by atoms with Crippen LogP contribution in [0, 0.1) is 23.7 Å². The molecule has 136 valence electrons. The fourth-order valence-corrected chi connectivity index (χ4v) is 4.76. The fourth-order valence-electron chi connectivity index (χ4n) is 4.76. The van der Waals surface area contributed by atoms with Crippen LogP contribution in [0.2, 0.25) is 0 Å². The molecule has 0 unspecified atom stereocenters. The van der Waals surface area contributed by atoms with Gasteiger partial charge in [0.25, 0.3) is 5.24 Å². The van der Waals surface area contributed by atoms with Gasteiger partial charge >= 0.3 is 5.97 Å². The van der Waals surface area contributed by atoms with Gasteiger partial charge in [0.05, 0.1) is 5.92 Å². The summed E-state index contributed by atoms with van der Waals surface area (Å²) in [4.78, 5) is 32.8. The third kappa shape index (κ3) is 2.73. The first-order valence-electron chi connectivity index (χ1n) is 8.43. The Hall–Kier alpha value is -0.830. The van der Waals surface area contributed by atoms with Gasteiger partial charge in [0.15, 0.2) is 5.60 Å². The lowest BCUT2D eigenvalue weighted by Gasteiger charge is -2.57. The molecule has 24 heavy (non-hydrogen) atoms. The first-order valence-corrected chi connectivity index (χ1v) is 8.88. The van der Waals surface area contributed by atoms with Crippen LogP contribution in [0.15, 0.2) is 0 Å². The molecule has 0 aromatic rings. The normalized spacial score (nSPS) is 49.2. The van der Waals surface area contributed by atoms with Gasteiger partial charge in [0.1, 0.15) is 0 Å². The van der Waals surface area contributed by atoms with Gasteiger partial charge in [-0.2, -0.15) is 0 Å². The zero-order chi connectivity index (χ0) is 17.7. The Morgan fingerprint density at radius 2 is 1.88 bits per heavy atom. The van der Waals surface area contributed by atoms with E-state index in [9.17, 15) is 4.79 Å².